The van der Waals surface area contributed by atoms with Gasteiger partial charge in [-0.1, -0.05) is 15.9 Å². The van der Waals surface area contributed by atoms with E-state index in [4.69, 9.17) is 14.2 Å². The van der Waals surface area contributed by atoms with Gasteiger partial charge in [-0.2, -0.15) is 0 Å². The molecule has 9 heteroatoms. The summed E-state index contributed by atoms with van der Waals surface area (Å²) in [5.41, 5.74) is 1.93. The highest BCUT2D eigenvalue weighted by Gasteiger charge is 2.20. The van der Waals surface area contributed by atoms with Crippen LogP contribution in [0.5, 0.6) is 5.75 Å². The number of fused-ring (bicyclic) bond motifs is 1. The van der Waals surface area contributed by atoms with E-state index in [0.29, 0.717) is 41.2 Å². The summed E-state index contributed by atoms with van der Waals surface area (Å²) >= 11 is 3.44. The Labute approximate surface area is 199 Å². The number of pyridine rings is 1. The van der Waals surface area contributed by atoms with Gasteiger partial charge in [0, 0.05) is 40.7 Å². The molecule has 0 aliphatic carbocycles. The van der Waals surface area contributed by atoms with Crippen LogP contribution < -0.4 is 10.1 Å². The lowest BCUT2D eigenvalue weighted by Gasteiger charge is -2.24. The second-order valence-electron chi connectivity index (χ2n) is 7.53. The molecule has 2 N–H and O–H groups in total. The van der Waals surface area contributed by atoms with E-state index in [9.17, 15) is 14.7 Å². The van der Waals surface area contributed by atoms with Gasteiger partial charge in [-0.05, 0) is 37.3 Å². The molecule has 3 aromatic rings. The van der Waals surface area contributed by atoms with Crippen molar-refractivity contribution in [1.29, 1.82) is 0 Å². The monoisotopic (exact) mass is 514 g/mol. The lowest BCUT2D eigenvalue weighted by molar-refractivity contribution is 0.0255. The first-order valence-corrected chi connectivity index (χ1v) is 11.4. The first-order chi connectivity index (χ1) is 15.9. The molecule has 33 heavy (non-hydrogen) atoms. The number of carbonyl (C=O) groups is 2. The number of aromatic carboxylic acids is 1. The van der Waals surface area contributed by atoms with Crippen LogP contribution in [0.3, 0.4) is 0 Å². The number of nitrogens with one attached hydrogen (secondary N) is 1. The minimum Gasteiger partial charge on any atom is -0.490 e. The number of hydrogen-bond acceptors (Lipinski definition) is 7. The second-order valence-corrected chi connectivity index (χ2v) is 8.45. The molecule has 0 atom stereocenters. The summed E-state index contributed by atoms with van der Waals surface area (Å²) in [7, 11) is 0. The van der Waals surface area contributed by atoms with Gasteiger partial charge in [0.2, 0.25) is 0 Å². The third-order valence-electron chi connectivity index (χ3n) is 5.22. The maximum absolute atomic E-state index is 12.6. The molecule has 8 nitrogen and oxygen atoms in total. The molecule has 2 aromatic carbocycles. The lowest BCUT2D eigenvalue weighted by atomic mass is 10.1. The molecule has 0 bridgehead atoms. The van der Waals surface area contributed by atoms with Crippen LogP contribution in [0.4, 0.5) is 11.4 Å². The Bertz CT molecular complexity index is 1190. The van der Waals surface area contributed by atoms with Gasteiger partial charge < -0.3 is 24.6 Å². The number of rotatable bonds is 7. The van der Waals surface area contributed by atoms with Gasteiger partial charge in [0.05, 0.1) is 36.6 Å². The van der Waals surface area contributed by atoms with Gasteiger partial charge in [0.25, 0.3) is 0 Å². The molecule has 1 aliphatic rings. The molecule has 1 aromatic heterocycles. The maximum atomic E-state index is 12.6. The minimum atomic E-state index is -1.08. The fourth-order valence-electron chi connectivity index (χ4n) is 3.66. The summed E-state index contributed by atoms with van der Waals surface area (Å²) in [6.45, 7) is 3.16. The third kappa shape index (κ3) is 5.43. The average molecular weight is 515 g/mol. The highest BCUT2D eigenvalue weighted by molar-refractivity contribution is 9.10. The normalized spacial score (nSPS) is 14.1. The smallest absolute Gasteiger partial charge is 0.341 e. The Morgan fingerprint density at radius 1 is 1.21 bits per heavy atom. The maximum Gasteiger partial charge on any atom is 0.341 e. The molecule has 1 fully saturated rings. The number of aromatic nitrogens is 1. The van der Waals surface area contributed by atoms with Crippen molar-refractivity contribution in [2.75, 3.05) is 25.1 Å². The van der Waals surface area contributed by atoms with Crippen molar-refractivity contribution in [3.63, 3.8) is 0 Å². The third-order valence-corrected chi connectivity index (χ3v) is 5.71. The van der Waals surface area contributed by atoms with E-state index in [1.165, 1.54) is 18.3 Å². The minimum absolute atomic E-state index is 0.0511. The zero-order chi connectivity index (χ0) is 23.4. The van der Waals surface area contributed by atoms with E-state index < -0.39 is 11.9 Å². The van der Waals surface area contributed by atoms with Crippen molar-refractivity contribution in [3.8, 4) is 5.75 Å². The molecular formula is C24H23BrN2O6. The summed E-state index contributed by atoms with van der Waals surface area (Å²) in [4.78, 5) is 28.8. The number of benzene rings is 2. The van der Waals surface area contributed by atoms with E-state index >= 15 is 0 Å². The molecule has 0 radical (unpaired) electrons. The van der Waals surface area contributed by atoms with Gasteiger partial charge in [0.15, 0.2) is 0 Å². The first-order valence-electron chi connectivity index (χ1n) is 10.6. The topological polar surface area (TPSA) is 107 Å². The van der Waals surface area contributed by atoms with Crippen molar-refractivity contribution < 1.29 is 28.9 Å². The van der Waals surface area contributed by atoms with E-state index in [2.05, 4.69) is 26.2 Å². The van der Waals surface area contributed by atoms with Crippen LogP contribution in [0.2, 0.25) is 0 Å². The number of nitrogens with zero attached hydrogens (tertiary/aromatic N) is 1. The van der Waals surface area contributed by atoms with Crippen molar-refractivity contribution in [2.45, 2.75) is 25.9 Å². The summed E-state index contributed by atoms with van der Waals surface area (Å²) in [6.07, 6.45) is 2.87. The predicted molar refractivity (Wildman–Crippen MR) is 127 cm³/mol. The van der Waals surface area contributed by atoms with Crippen molar-refractivity contribution in [1.82, 2.24) is 4.98 Å². The number of ether oxygens (including phenoxy) is 3. The number of halogens is 1. The van der Waals surface area contributed by atoms with Crippen LogP contribution in [0.1, 0.15) is 40.5 Å². The molecule has 0 amide bonds. The van der Waals surface area contributed by atoms with Gasteiger partial charge >= 0.3 is 11.9 Å². The van der Waals surface area contributed by atoms with Crippen molar-refractivity contribution in [2.24, 2.45) is 0 Å². The van der Waals surface area contributed by atoms with Crippen molar-refractivity contribution in [3.05, 3.63) is 58.2 Å². The molecule has 1 saturated heterocycles. The molecule has 1 aliphatic heterocycles. The largest absolute Gasteiger partial charge is 0.490 e. The van der Waals surface area contributed by atoms with Crippen LogP contribution in [-0.4, -0.2) is 48.0 Å². The summed E-state index contributed by atoms with van der Waals surface area (Å²) in [5.74, 6) is -1.17. The molecular weight excluding hydrogens is 492 g/mol. The Balaban J connectivity index is 1.76. The number of carboxylic acids is 1. The molecule has 0 spiro atoms. The summed E-state index contributed by atoms with van der Waals surface area (Å²) in [5, 5.41) is 13.5. The molecule has 0 saturated carbocycles. The molecule has 4 rings (SSSR count). The number of carboxylic acid groups (broad SMARTS) is 1. The van der Waals surface area contributed by atoms with Crippen LogP contribution in [-0.2, 0) is 9.47 Å². The molecule has 172 valence electrons. The standard InChI is InChI=1S/C24H23BrN2O6/c1-2-32-24(30)20-13-26-21-11-15(25)3-4-19(21)22(20)27-16-9-14(23(28)29)10-18(12-16)33-17-5-7-31-8-6-17/h3-4,9-13,17H,2,5-8H2,1H3,(H,26,27)(H,28,29). The Kier molecular flexibility index (Phi) is 7.10. The number of hydrogen-bond donors (Lipinski definition) is 2. The predicted octanol–water partition coefficient (Wildman–Crippen LogP) is 5.17. The van der Waals surface area contributed by atoms with Crippen molar-refractivity contribution >= 4 is 50.1 Å². The van der Waals surface area contributed by atoms with Gasteiger partial charge in [0.1, 0.15) is 17.4 Å². The Morgan fingerprint density at radius 2 is 2.00 bits per heavy atom. The zero-order valence-electron chi connectivity index (χ0n) is 18.0. The van der Waals surface area contributed by atoms with E-state index in [-0.39, 0.29) is 23.8 Å². The first kappa shape index (κ1) is 23.0. The highest BCUT2D eigenvalue weighted by atomic mass is 79.9. The Hall–Kier alpha value is -3.17. The van der Waals surface area contributed by atoms with Crippen LogP contribution >= 0.6 is 15.9 Å². The molecule has 0 unspecified atom stereocenters. The van der Waals surface area contributed by atoms with Gasteiger partial charge in [-0.3, -0.25) is 4.98 Å². The van der Waals surface area contributed by atoms with E-state index in [0.717, 1.165) is 17.3 Å². The quantitative estimate of drug-likeness (QED) is 0.415. The SMILES string of the molecule is CCOC(=O)c1cnc2cc(Br)ccc2c1Nc1cc(OC2CCOCC2)cc(C(=O)O)c1. The van der Waals surface area contributed by atoms with Gasteiger partial charge in [-0.25, -0.2) is 9.59 Å². The number of anilines is 2. The molecule has 2 heterocycles. The fraction of sp³-hybridized carbons (Fsp3) is 0.292. The Morgan fingerprint density at radius 3 is 2.73 bits per heavy atom. The highest BCUT2D eigenvalue weighted by Crippen LogP contribution is 2.33. The summed E-state index contributed by atoms with van der Waals surface area (Å²) in [6, 6.07) is 10.2. The van der Waals surface area contributed by atoms with Crippen LogP contribution in [0.25, 0.3) is 10.9 Å². The number of carbonyl (C=O) groups excluding carboxylic acids is 1. The van der Waals surface area contributed by atoms with E-state index in [1.807, 2.05) is 18.2 Å². The number of esters is 1. The fourth-order valence-corrected chi connectivity index (χ4v) is 4.01. The van der Waals surface area contributed by atoms with Crippen LogP contribution in [0.15, 0.2) is 47.1 Å². The van der Waals surface area contributed by atoms with Crippen LogP contribution in [0, 0.1) is 0 Å². The zero-order valence-corrected chi connectivity index (χ0v) is 19.6. The average Bonchev–Trinajstić information content (AvgIpc) is 2.79. The lowest BCUT2D eigenvalue weighted by Crippen LogP contribution is -2.26. The van der Waals surface area contributed by atoms with E-state index in [1.54, 1.807) is 13.0 Å². The summed E-state index contributed by atoms with van der Waals surface area (Å²) < 4.78 is 17.5. The van der Waals surface area contributed by atoms with Gasteiger partial charge in [-0.15, -0.1) is 0 Å². The second kappa shape index (κ2) is 10.2.